The van der Waals surface area contributed by atoms with Gasteiger partial charge in [0.05, 0.1) is 27.1 Å². The van der Waals surface area contributed by atoms with Gasteiger partial charge in [-0.05, 0) is 76.5 Å². The lowest BCUT2D eigenvalue weighted by molar-refractivity contribution is -0.384. The summed E-state index contributed by atoms with van der Waals surface area (Å²) in [5.74, 6) is -0.343. The van der Waals surface area contributed by atoms with Crippen molar-refractivity contribution in [3.63, 3.8) is 0 Å². The summed E-state index contributed by atoms with van der Waals surface area (Å²) in [6.07, 6.45) is -0.139. The lowest BCUT2D eigenvalue weighted by atomic mass is 10.2. The fraction of sp³-hybridized carbons (Fsp3) is 0.194. The first-order valence-electron chi connectivity index (χ1n) is 28.6. The predicted molar refractivity (Wildman–Crippen MR) is 376 cm³/mol. The van der Waals surface area contributed by atoms with Gasteiger partial charge in [-0.3, -0.25) is 20.7 Å². The van der Waals surface area contributed by atoms with Gasteiger partial charge in [0.2, 0.25) is 0 Å². The number of fused-ring (bicyclic) bond motifs is 2. The first-order valence-corrected chi connectivity index (χ1v) is 29.4. The van der Waals surface area contributed by atoms with Crippen molar-refractivity contribution in [2.24, 2.45) is 0 Å². The Bertz CT molecular complexity index is 4040. The molecule has 0 bridgehead atoms. The van der Waals surface area contributed by atoms with E-state index in [2.05, 4.69) is 47.2 Å². The Hall–Kier alpha value is -10.5. The zero-order valence-corrected chi connectivity index (χ0v) is 54.9. The summed E-state index contributed by atoms with van der Waals surface area (Å²) in [6.45, 7) is 0.119. The second-order valence-corrected chi connectivity index (χ2v) is 20.8. The third-order valence-corrected chi connectivity index (χ3v) is 14.2. The van der Waals surface area contributed by atoms with E-state index < -0.39 is 59.1 Å². The predicted octanol–water partition coefficient (Wildman–Crippen LogP) is 13.5. The molecule has 0 unspecified atom stereocenters. The van der Waals surface area contributed by atoms with Crippen LogP contribution >= 0.6 is 50.2 Å². The van der Waals surface area contributed by atoms with Gasteiger partial charge in [0.1, 0.15) is 55.4 Å². The fourth-order valence-electron chi connectivity index (χ4n) is 8.22. The normalized spacial score (nSPS) is 10.7. The number of aromatic nitrogens is 2. The molecule has 9 rings (SSSR count). The molecule has 0 aliphatic carbocycles. The number of pyridine rings is 2. The number of nitrogens with one attached hydrogen (secondary N) is 7. The summed E-state index contributed by atoms with van der Waals surface area (Å²) in [6, 6.07) is 49.2. The number of amides is 7. The summed E-state index contributed by atoms with van der Waals surface area (Å²) in [4.78, 5) is 92.9. The van der Waals surface area contributed by atoms with Gasteiger partial charge in [0.15, 0.2) is 0 Å². The Morgan fingerprint density at radius 3 is 1.45 bits per heavy atom. The van der Waals surface area contributed by atoms with Crippen LogP contribution in [0.1, 0.15) is 29.7 Å². The molecule has 2 heterocycles. The van der Waals surface area contributed by atoms with Crippen molar-refractivity contribution >= 4 is 126 Å². The number of nitro groups is 1. The van der Waals surface area contributed by atoms with Crippen LogP contribution in [-0.4, -0.2) is 109 Å². The molecule has 97 heavy (non-hydrogen) atoms. The number of carbonyl (C=O) groups is 6. The molecule has 7 amide bonds. The number of anilines is 2. The summed E-state index contributed by atoms with van der Waals surface area (Å²) in [5, 5.41) is 32.5. The molecule has 9 aromatic rings. The van der Waals surface area contributed by atoms with E-state index in [9.17, 15) is 47.7 Å². The zero-order valence-electron chi connectivity index (χ0n) is 51.4. The van der Waals surface area contributed by atoms with Gasteiger partial charge >= 0.3 is 36.5 Å². The second kappa shape index (κ2) is 41.3. The van der Waals surface area contributed by atoms with E-state index in [0.717, 1.165) is 32.7 Å². The van der Waals surface area contributed by atoms with Crippen LogP contribution in [0.25, 0.3) is 21.5 Å². The highest BCUT2D eigenvalue weighted by Crippen LogP contribution is 2.23. The Morgan fingerprint density at radius 2 is 0.979 bits per heavy atom. The van der Waals surface area contributed by atoms with Crippen LogP contribution in [0.15, 0.2) is 194 Å². The Kier molecular flexibility index (Phi) is 33.6. The summed E-state index contributed by atoms with van der Waals surface area (Å²) in [5.41, 5.74) is 2.39. The Labute approximate surface area is 581 Å². The molecule has 0 aliphatic heterocycles. The lowest BCUT2D eigenvalue weighted by Crippen LogP contribution is -2.51. The van der Waals surface area contributed by atoms with E-state index in [1.165, 1.54) is 60.5 Å². The van der Waals surface area contributed by atoms with Crippen molar-refractivity contribution in [3.8, 4) is 5.75 Å². The highest BCUT2D eigenvalue weighted by Gasteiger charge is 2.24. The standard InChI is InChI=1S/C30H29ClFN5O5.C22H24N4O4.C14H10ClFN2O4.CH4.2H2S/c1-37(28(38)34-16-23-12-7-13-25(32)27(23)31)24(17-35-29(39)41-18-20-8-3-2-4-9-20)19-42-30(40)36-26-14-21-10-5-6-11-22(21)15-33-26;1-23-19(13-25-21(27)29-14-16-7-3-2-4-8-16)15-30-22(28)26-20-11-17-9-5-6-10-18(17)12-24-20;15-13-9(2-1-3-12(13)16)8-17-14(19)22-11-6-4-10(5-7-11)18(20)21;;;/h2-15,24H,16-19H2,1H3,(H,34,38)(H,35,39)(H,33,36,40);2-12,19,23H,13-15H2,1H3,(H,25,27)(H,24,26,28);1-7H,8H2,(H,17,19);1H4;2*1H2/t24-;19-;;;;/m00..../s1. The summed E-state index contributed by atoms with van der Waals surface area (Å²) < 4.78 is 52.9. The molecule has 0 fully saturated rings. The van der Waals surface area contributed by atoms with Crippen LogP contribution in [0.2, 0.25) is 10.0 Å². The number of nitrogens with zero attached hydrogens (tertiary/aromatic N) is 4. The van der Waals surface area contributed by atoms with Crippen LogP contribution in [0, 0.1) is 21.7 Å². The molecule has 0 spiro atoms. The molecule has 2 atom stereocenters. The molecular formula is C67H71Cl2F2N11O13S2. The lowest BCUT2D eigenvalue weighted by Gasteiger charge is -2.28. The van der Waals surface area contributed by atoms with Crippen molar-refractivity contribution in [3.05, 3.63) is 248 Å². The highest BCUT2D eigenvalue weighted by molar-refractivity contribution is 7.59. The van der Waals surface area contributed by atoms with Crippen LogP contribution in [0.5, 0.6) is 5.75 Å². The molecule has 24 nitrogen and oxygen atoms in total. The number of non-ortho nitro benzene ring substituents is 1. The molecule has 0 radical (unpaired) electrons. The van der Waals surface area contributed by atoms with E-state index in [4.69, 9.17) is 46.9 Å². The average Bonchev–Trinajstić information content (AvgIpc) is 1.08. The molecule has 2 aromatic heterocycles. The van der Waals surface area contributed by atoms with Crippen molar-refractivity contribution in [1.82, 2.24) is 41.5 Å². The minimum absolute atomic E-state index is 0. The maximum absolute atomic E-state index is 13.8. The van der Waals surface area contributed by atoms with Gasteiger partial charge in [0.25, 0.3) is 5.69 Å². The monoisotopic (exact) mass is 1410 g/mol. The number of alkyl carbamates (subject to hydrolysis) is 2. The SMILES string of the molecule is C.CN(C(=O)NCc1cccc(F)c1Cl)[C@@H](CNC(=O)OCc1ccccc1)COC(=O)Nc1cc2ccccc2cn1.CN[C@@H](CNC(=O)OCc1ccccc1)COC(=O)Nc1cc2ccccc2cn1.O=C(NCc1cccc(F)c1Cl)Oc1ccc([N+](=O)[O-])cc1.S.S. The van der Waals surface area contributed by atoms with Crippen molar-refractivity contribution in [2.45, 2.75) is 45.8 Å². The largest absolute Gasteiger partial charge is 0.448 e. The third kappa shape index (κ3) is 26.7. The molecule has 7 N–H and O–H groups in total. The first-order chi connectivity index (χ1) is 45.4. The topological polar surface area (TPSA) is 305 Å². The molecule has 512 valence electrons. The molecular weight excluding hydrogens is 1340 g/mol. The maximum Gasteiger partial charge on any atom is 0.412 e. The number of rotatable bonds is 22. The van der Waals surface area contributed by atoms with E-state index in [1.807, 2.05) is 109 Å². The van der Waals surface area contributed by atoms with Gasteiger partial charge in [-0.15, -0.1) is 0 Å². The number of ether oxygens (including phenoxy) is 5. The molecule has 0 saturated carbocycles. The summed E-state index contributed by atoms with van der Waals surface area (Å²) >= 11 is 11.7. The van der Waals surface area contributed by atoms with Gasteiger partial charge in [-0.1, -0.05) is 164 Å². The second-order valence-electron chi connectivity index (χ2n) is 20.0. The number of urea groups is 1. The van der Waals surface area contributed by atoms with Crippen molar-refractivity contribution in [1.29, 1.82) is 0 Å². The number of likely N-dealkylation sites (N-methyl/N-ethyl adjacent to an activating group) is 2. The first kappa shape index (κ1) is 78.9. The van der Waals surface area contributed by atoms with Crippen molar-refractivity contribution < 1.29 is 66.2 Å². The van der Waals surface area contributed by atoms with E-state index >= 15 is 0 Å². The average molecular weight is 1410 g/mol. The smallest absolute Gasteiger partial charge is 0.412 e. The van der Waals surface area contributed by atoms with Crippen LogP contribution in [0.3, 0.4) is 0 Å². The number of halogens is 4. The van der Waals surface area contributed by atoms with E-state index in [1.54, 1.807) is 43.7 Å². The van der Waals surface area contributed by atoms with Gasteiger partial charge < -0.3 is 55.2 Å². The highest BCUT2D eigenvalue weighted by atomic mass is 35.5. The molecule has 30 heteroatoms. The molecule has 7 aromatic carbocycles. The van der Waals surface area contributed by atoms with Gasteiger partial charge in [-0.25, -0.2) is 47.5 Å². The third-order valence-electron chi connectivity index (χ3n) is 13.4. The van der Waals surface area contributed by atoms with Crippen LogP contribution in [0.4, 0.5) is 54.9 Å². The minimum atomic E-state index is -0.799. The van der Waals surface area contributed by atoms with Crippen LogP contribution in [-0.2, 0) is 45.3 Å². The van der Waals surface area contributed by atoms with E-state index in [0.29, 0.717) is 16.9 Å². The fourth-order valence-corrected chi connectivity index (χ4v) is 8.60. The Morgan fingerprint density at radius 1 is 0.536 bits per heavy atom. The van der Waals surface area contributed by atoms with Crippen LogP contribution < -0.4 is 42.0 Å². The zero-order chi connectivity index (χ0) is 67.2. The van der Waals surface area contributed by atoms with Gasteiger partial charge in [-0.2, -0.15) is 27.0 Å². The molecule has 0 saturated heterocycles. The maximum atomic E-state index is 13.8. The quantitative estimate of drug-likeness (QED) is 0.0188. The Balaban J connectivity index is 0.000000320. The minimum Gasteiger partial charge on any atom is -0.448 e. The molecule has 0 aliphatic rings. The summed E-state index contributed by atoms with van der Waals surface area (Å²) in [7, 11) is 3.18. The number of hydrogen-bond donors (Lipinski definition) is 7. The number of hydrogen-bond acceptors (Lipinski definition) is 16. The number of carbonyl (C=O) groups excluding carboxylic acids is 6. The number of nitro benzene ring substituents is 1. The van der Waals surface area contributed by atoms with E-state index in [-0.39, 0.29) is 120 Å². The number of benzene rings is 7. The van der Waals surface area contributed by atoms with Gasteiger partial charge in [0, 0.05) is 68.5 Å². The van der Waals surface area contributed by atoms with Crippen molar-refractivity contribution in [2.75, 3.05) is 51.0 Å².